The van der Waals surface area contributed by atoms with Gasteiger partial charge in [-0.25, -0.2) is 9.59 Å². The van der Waals surface area contributed by atoms with Gasteiger partial charge in [-0.1, -0.05) is 37.3 Å². The molecule has 1 N–H and O–H groups in total. The Morgan fingerprint density at radius 2 is 1.76 bits per heavy atom. The third kappa shape index (κ3) is 5.65. The van der Waals surface area contributed by atoms with Gasteiger partial charge in [0, 0.05) is 41.0 Å². The number of methoxy groups -OCH3 is 2. The van der Waals surface area contributed by atoms with E-state index >= 15 is 0 Å². The van der Waals surface area contributed by atoms with Crippen LogP contribution in [0.25, 0.3) is 0 Å². The summed E-state index contributed by atoms with van der Waals surface area (Å²) in [5.41, 5.74) is 4.57. The van der Waals surface area contributed by atoms with Crippen LogP contribution >= 0.6 is 11.8 Å². The van der Waals surface area contributed by atoms with Crippen molar-refractivity contribution in [3.63, 3.8) is 0 Å². The molecule has 0 radical (unpaired) electrons. The largest absolute Gasteiger partial charge is 0.496 e. The Balaban J connectivity index is 1.74. The number of benzene rings is 2. The number of hydrogen-bond donors (Lipinski definition) is 1. The van der Waals surface area contributed by atoms with Gasteiger partial charge >= 0.3 is 11.9 Å². The van der Waals surface area contributed by atoms with Gasteiger partial charge in [-0.05, 0) is 48.4 Å². The van der Waals surface area contributed by atoms with Gasteiger partial charge in [0.25, 0.3) is 0 Å². The molecule has 4 rings (SSSR count). The molecule has 200 valence electrons. The smallest absolute Gasteiger partial charge is 0.337 e. The molecule has 8 heteroatoms. The zero-order valence-electron chi connectivity index (χ0n) is 22.2. The minimum absolute atomic E-state index is 0.0314. The summed E-state index contributed by atoms with van der Waals surface area (Å²) in [6.45, 7) is 4.19. The van der Waals surface area contributed by atoms with Crippen LogP contribution < -0.4 is 10.1 Å². The zero-order valence-corrected chi connectivity index (χ0v) is 23.0. The number of hydrogen-bond acceptors (Lipinski definition) is 8. The summed E-state index contributed by atoms with van der Waals surface area (Å²) in [6.07, 6.45) is 0.900. The normalized spacial score (nSPS) is 19.0. The predicted molar refractivity (Wildman–Crippen MR) is 147 cm³/mol. The minimum Gasteiger partial charge on any atom is -0.496 e. The summed E-state index contributed by atoms with van der Waals surface area (Å²) in [5, 5.41) is 3.37. The Kier molecular flexibility index (Phi) is 8.94. The van der Waals surface area contributed by atoms with Gasteiger partial charge in [-0.3, -0.25) is 4.79 Å². The molecule has 0 spiro atoms. The van der Waals surface area contributed by atoms with Crippen molar-refractivity contribution in [3.05, 3.63) is 87.8 Å². The van der Waals surface area contributed by atoms with E-state index in [1.807, 2.05) is 31.2 Å². The summed E-state index contributed by atoms with van der Waals surface area (Å²) >= 11 is 1.69. The number of ether oxygens (including phenoxy) is 3. The standard InChI is InChI=1S/C30H33NO6S/c1-5-38-15-14-37-30(34)26-18(2)31-23-16-21(22-8-6-7-9-25(22)35-3)17-24(32)28(23)27(26)19-10-12-20(13-11-19)29(33)36-4/h6-13,21,27,31H,5,14-17H2,1-4H3/t21-,27+/m0/s1. The Morgan fingerprint density at radius 3 is 2.45 bits per heavy atom. The van der Waals surface area contributed by atoms with Crippen LogP contribution in [0.5, 0.6) is 5.75 Å². The van der Waals surface area contributed by atoms with Gasteiger partial charge in [0.1, 0.15) is 12.4 Å². The number of rotatable bonds is 9. The third-order valence-electron chi connectivity index (χ3n) is 6.96. The van der Waals surface area contributed by atoms with Crippen molar-refractivity contribution in [2.45, 2.75) is 38.5 Å². The molecule has 2 aromatic carbocycles. The lowest BCUT2D eigenvalue weighted by atomic mass is 9.71. The number of para-hydroxylation sites is 1. The molecule has 2 atom stereocenters. The van der Waals surface area contributed by atoms with Gasteiger partial charge in [0.15, 0.2) is 5.78 Å². The lowest BCUT2D eigenvalue weighted by Crippen LogP contribution is -2.36. The van der Waals surface area contributed by atoms with Gasteiger partial charge in [0.05, 0.1) is 25.4 Å². The van der Waals surface area contributed by atoms with E-state index in [9.17, 15) is 14.4 Å². The van der Waals surface area contributed by atoms with E-state index in [1.165, 1.54) is 7.11 Å². The molecule has 2 aromatic rings. The summed E-state index contributed by atoms with van der Waals surface area (Å²) in [7, 11) is 2.96. The van der Waals surface area contributed by atoms with Crippen molar-refractivity contribution < 1.29 is 28.6 Å². The van der Waals surface area contributed by atoms with Crippen LogP contribution in [-0.2, 0) is 19.1 Å². The van der Waals surface area contributed by atoms with Crippen LogP contribution in [0.3, 0.4) is 0 Å². The summed E-state index contributed by atoms with van der Waals surface area (Å²) < 4.78 is 16.0. The second kappa shape index (κ2) is 12.3. The Bertz CT molecular complexity index is 1280. The molecule has 1 heterocycles. The molecule has 0 bridgehead atoms. The topological polar surface area (TPSA) is 90.9 Å². The number of carbonyl (C=O) groups excluding carboxylic acids is 3. The van der Waals surface area contributed by atoms with E-state index in [4.69, 9.17) is 14.2 Å². The number of ketones is 1. The number of thioether (sulfide) groups is 1. The summed E-state index contributed by atoms with van der Waals surface area (Å²) in [4.78, 5) is 39.2. The van der Waals surface area contributed by atoms with Gasteiger partial charge in [-0.2, -0.15) is 11.8 Å². The van der Waals surface area contributed by atoms with E-state index in [2.05, 4.69) is 12.2 Å². The van der Waals surface area contributed by atoms with Crippen LogP contribution in [0, 0.1) is 0 Å². The molecule has 1 aliphatic carbocycles. The first kappa shape index (κ1) is 27.5. The molecule has 7 nitrogen and oxygen atoms in total. The van der Waals surface area contributed by atoms with Crippen molar-refractivity contribution in [2.24, 2.45) is 0 Å². The first-order valence-electron chi connectivity index (χ1n) is 12.7. The first-order chi connectivity index (χ1) is 18.4. The Labute approximate surface area is 227 Å². The fraction of sp³-hybridized carbons (Fsp3) is 0.367. The van der Waals surface area contributed by atoms with Crippen molar-refractivity contribution in [2.75, 3.05) is 32.3 Å². The highest BCUT2D eigenvalue weighted by atomic mass is 32.2. The maximum atomic E-state index is 13.8. The van der Waals surface area contributed by atoms with E-state index in [0.29, 0.717) is 41.0 Å². The molecule has 0 saturated carbocycles. The summed E-state index contributed by atoms with van der Waals surface area (Å²) in [5.74, 6) is 0.810. The average Bonchev–Trinajstić information content (AvgIpc) is 2.94. The van der Waals surface area contributed by atoms with Crippen molar-refractivity contribution in [1.29, 1.82) is 0 Å². The van der Waals surface area contributed by atoms with E-state index in [0.717, 1.165) is 28.3 Å². The highest BCUT2D eigenvalue weighted by Gasteiger charge is 2.41. The number of esters is 2. The third-order valence-corrected chi connectivity index (χ3v) is 7.82. The fourth-order valence-electron chi connectivity index (χ4n) is 5.21. The zero-order chi connectivity index (χ0) is 27.2. The van der Waals surface area contributed by atoms with Crippen molar-refractivity contribution in [1.82, 2.24) is 5.32 Å². The SMILES string of the molecule is CCSCCOC(=O)C1=C(C)NC2=C(C(=O)C[C@@H](c3ccccc3OC)C2)[C@@H]1c1ccc(C(=O)OC)cc1. The molecular formula is C30H33NO6S. The predicted octanol–water partition coefficient (Wildman–Crippen LogP) is 5.14. The van der Waals surface area contributed by atoms with Crippen LogP contribution in [0.2, 0.25) is 0 Å². The minimum atomic E-state index is -0.601. The molecule has 0 fully saturated rings. The molecule has 0 unspecified atom stereocenters. The molecular weight excluding hydrogens is 502 g/mol. The van der Waals surface area contributed by atoms with E-state index in [1.54, 1.807) is 43.1 Å². The van der Waals surface area contributed by atoms with E-state index < -0.39 is 17.9 Å². The van der Waals surface area contributed by atoms with Crippen molar-refractivity contribution in [3.8, 4) is 5.75 Å². The molecule has 0 amide bonds. The number of dihydropyridines is 1. The van der Waals surface area contributed by atoms with Gasteiger partial charge < -0.3 is 19.5 Å². The van der Waals surface area contributed by atoms with Gasteiger partial charge in [-0.15, -0.1) is 0 Å². The number of nitrogens with one attached hydrogen (secondary N) is 1. The Morgan fingerprint density at radius 1 is 1.03 bits per heavy atom. The van der Waals surface area contributed by atoms with Crippen molar-refractivity contribution >= 4 is 29.5 Å². The maximum absolute atomic E-state index is 13.8. The summed E-state index contributed by atoms with van der Waals surface area (Å²) in [6, 6.07) is 14.6. The van der Waals surface area contributed by atoms with Gasteiger partial charge in [0.2, 0.25) is 0 Å². The number of allylic oxidation sites excluding steroid dienone is 3. The van der Waals surface area contributed by atoms with Crippen LogP contribution in [-0.4, -0.2) is 50.1 Å². The highest BCUT2D eigenvalue weighted by Crippen LogP contribution is 2.46. The Hall–Kier alpha value is -3.52. The molecule has 0 aromatic heterocycles. The quantitative estimate of drug-likeness (QED) is 0.349. The molecule has 38 heavy (non-hydrogen) atoms. The lowest BCUT2D eigenvalue weighted by Gasteiger charge is -2.37. The van der Waals surface area contributed by atoms with E-state index in [-0.39, 0.29) is 18.3 Å². The van der Waals surface area contributed by atoms with Crippen LogP contribution in [0.15, 0.2) is 71.1 Å². The highest BCUT2D eigenvalue weighted by molar-refractivity contribution is 7.99. The first-order valence-corrected chi connectivity index (χ1v) is 13.8. The second-order valence-corrected chi connectivity index (χ2v) is 10.6. The lowest BCUT2D eigenvalue weighted by molar-refractivity contribution is -0.138. The number of carbonyl (C=O) groups is 3. The fourth-order valence-corrected chi connectivity index (χ4v) is 5.70. The molecule has 1 aliphatic heterocycles. The number of Topliss-reactive ketones (excluding diaryl/α,β-unsaturated/α-hetero) is 1. The molecule has 2 aliphatic rings. The molecule has 0 saturated heterocycles. The van der Waals surface area contributed by atoms with Crippen LogP contribution in [0.1, 0.15) is 60.0 Å². The van der Waals surface area contributed by atoms with Crippen LogP contribution in [0.4, 0.5) is 0 Å². The average molecular weight is 536 g/mol. The maximum Gasteiger partial charge on any atom is 0.337 e. The monoisotopic (exact) mass is 535 g/mol. The second-order valence-electron chi connectivity index (χ2n) is 9.21.